The lowest BCUT2D eigenvalue weighted by molar-refractivity contribution is -0.125. The number of aromatic nitrogens is 4. The van der Waals surface area contributed by atoms with Crippen LogP contribution in [0.15, 0.2) is 43.2 Å². The van der Waals surface area contributed by atoms with Gasteiger partial charge in [-0.1, -0.05) is 6.55 Å². The van der Waals surface area contributed by atoms with E-state index in [1.807, 2.05) is 0 Å². The molecule has 13 heteroatoms. The van der Waals surface area contributed by atoms with Crippen molar-refractivity contribution in [2.75, 3.05) is 18.8 Å². The monoisotopic (exact) mass is 517 g/mol. The predicted octanol–water partition coefficient (Wildman–Crippen LogP) is 4.52. The van der Waals surface area contributed by atoms with Crippen molar-refractivity contribution in [1.82, 2.24) is 24.6 Å². The van der Waals surface area contributed by atoms with E-state index < -0.39 is 40.6 Å². The van der Waals surface area contributed by atoms with Crippen LogP contribution in [0.3, 0.4) is 0 Å². The highest BCUT2D eigenvalue weighted by atomic mass is 19.2. The number of nitrogens with zero attached hydrogens (tertiary/aromatic N) is 5. The van der Waals surface area contributed by atoms with Crippen LogP contribution in [0, 0.1) is 29.1 Å². The molecule has 0 unspecified atom stereocenters. The molecule has 1 aliphatic rings. The van der Waals surface area contributed by atoms with E-state index >= 15 is 4.39 Å². The summed E-state index contributed by atoms with van der Waals surface area (Å²) in [5.41, 5.74) is 6.33. The molecule has 5 rings (SSSR count). The Balaban J connectivity index is 1.52. The highest BCUT2D eigenvalue weighted by Gasteiger charge is 2.30. The number of ether oxygens (including phenoxy) is 1. The molecule has 2 N–H and O–H groups in total. The van der Waals surface area contributed by atoms with E-state index in [4.69, 9.17) is 11.8 Å². The van der Waals surface area contributed by atoms with Gasteiger partial charge in [-0.25, -0.2) is 27.8 Å². The van der Waals surface area contributed by atoms with Gasteiger partial charge in [-0.3, -0.25) is 4.79 Å². The molecule has 190 valence electrons. The average molecular weight is 517 g/mol. The minimum absolute atomic E-state index is 0.0124. The van der Waals surface area contributed by atoms with E-state index in [0.29, 0.717) is 18.6 Å². The lowest BCUT2D eigenvalue weighted by Gasteiger charge is -2.14. The number of carbonyl (C=O) groups is 1. The van der Waals surface area contributed by atoms with E-state index in [1.54, 1.807) is 0 Å². The Kier molecular flexibility index (Phi) is 5.66. The quantitative estimate of drug-likeness (QED) is 0.237. The van der Waals surface area contributed by atoms with Gasteiger partial charge in [-0.15, -0.1) is 0 Å². The Morgan fingerprint density at radius 1 is 1.14 bits per heavy atom. The first-order chi connectivity index (χ1) is 18.2. The zero-order chi connectivity index (χ0) is 27.1. The van der Waals surface area contributed by atoms with Crippen molar-refractivity contribution in [3.05, 3.63) is 72.3 Å². The van der Waals surface area contributed by atoms with Crippen molar-refractivity contribution in [2.24, 2.45) is 0 Å². The fourth-order valence-electron chi connectivity index (χ4n) is 4.20. The van der Waals surface area contributed by atoms with Gasteiger partial charge < -0.3 is 15.4 Å². The van der Waals surface area contributed by atoms with Gasteiger partial charge in [0.1, 0.15) is 29.4 Å². The van der Waals surface area contributed by atoms with Crippen molar-refractivity contribution < 1.29 is 32.9 Å². The molecular formula is C24H17F5N6O2. The first kappa shape index (κ1) is 22.9. The molecule has 1 fully saturated rings. The molecule has 0 saturated carbocycles. The van der Waals surface area contributed by atoms with Crippen LogP contribution in [0.25, 0.3) is 22.3 Å². The number of nitrogen functional groups attached to an aromatic ring is 1. The third kappa shape index (κ3) is 4.11. The molecule has 0 spiro atoms. The van der Waals surface area contributed by atoms with Crippen LogP contribution in [0.2, 0.25) is 0 Å². The topological polar surface area (TPSA) is 99.2 Å². The average Bonchev–Trinajstić information content (AvgIpc) is 3.52. The predicted molar refractivity (Wildman–Crippen MR) is 122 cm³/mol. The number of nitrogens with two attached hydrogens (primary N) is 1. The van der Waals surface area contributed by atoms with Crippen molar-refractivity contribution in [1.29, 1.82) is 0 Å². The summed E-state index contributed by atoms with van der Waals surface area (Å²) in [4.78, 5) is 21.9. The van der Waals surface area contributed by atoms with Gasteiger partial charge in [0, 0.05) is 30.8 Å². The molecule has 1 aliphatic heterocycles. The molecule has 1 atom stereocenters. The maximum Gasteiger partial charge on any atom is 0.246 e. The summed E-state index contributed by atoms with van der Waals surface area (Å²) in [7, 11) is 0. The Bertz CT molecular complexity index is 1590. The highest BCUT2D eigenvalue weighted by molar-refractivity contribution is 5.98. The molecule has 3 heterocycles. The van der Waals surface area contributed by atoms with Crippen LogP contribution in [0.4, 0.5) is 27.8 Å². The number of rotatable bonds is 5. The summed E-state index contributed by atoms with van der Waals surface area (Å²) in [6.45, 7) is 1.56. The molecule has 1 saturated heterocycles. The lowest BCUT2D eigenvalue weighted by atomic mass is 10.1. The molecular weight excluding hydrogens is 499 g/mol. The van der Waals surface area contributed by atoms with E-state index in [-0.39, 0.29) is 47.0 Å². The zero-order valence-corrected chi connectivity index (χ0v) is 18.8. The Hall–Kier alpha value is -4.55. The molecule has 8 nitrogen and oxygen atoms in total. The maximum absolute atomic E-state index is 15.3. The molecule has 2 aromatic carbocycles. The van der Waals surface area contributed by atoms with E-state index in [9.17, 15) is 22.4 Å². The molecule has 0 bridgehead atoms. The van der Waals surface area contributed by atoms with Crippen molar-refractivity contribution in [3.8, 4) is 22.8 Å². The van der Waals surface area contributed by atoms with Crippen LogP contribution >= 0.6 is 0 Å². The molecule has 37 heavy (non-hydrogen) atoms. The second kappa shape index (κ2) is 9.15. The number of benzene rings is 2. The maximum atomic E-state index is 15.3. The highest BCUT2D eigenvalue weighted by Crippen LogP contribution is 2.37. The fraction of sp³-hybridized carbons (Fsp3) is 0.167. The lowest BCUT2D eigenvalue weighted by Crippen LogP contribution is -2.27. The number of halogens is 5. The normalized spacial score (nSPS) is 16.1. The van der Waals surface area contributed by atoms with Crippen LogP contribution in [0.1, 0.15) is 13.8 Å². The Morgan fingerprint density at radius 2 is 1.89 bits per heavy atom. The third-order valence-electron chi connectivity index (χ3n) is 5.97. The molecule has 0 radical (unpaired) electrons. The van der Waals surface area contributed by atoms with Gasteiger partial charge >= 0.3 is 0 Å². The van der Waals surface area contributed by atoms with Crippen LogP contribution in [-0.2, 0) is 4.79 Å². The zero-order valence-electron chi connectivity index (χ0n) is 19.8. The SMILES string of the molecule is [2H]/C=C/C(=O)N1CC[C@@H](n2nc(-c3ccc(Oc4c(F)c(F)cc(F)c4F)cc3F)c3c(N)ncnc32)C1. The summed E-state index contributed by atoms with van der Waals surface area (Å²) >= 11 is 0. The van der Waals surface area contributed by atoms with E-state index in [1.165, 1.54) is 22.0 Å². The second-order valence-electron chi connectivity index (χ2n) is 8.19. The van der Waals surface area contributed by atoms with Gasteiger partial charge in [0.2, 0.25) is 23.3 Å². The second-order valence-corrected chi connectivity index (χ2v) is 8.19. The number of anilines is 1. The van der Waals surface area contributed by atoms with Gasteiger partial charge in [0.05, 0.1) is 12.8 Å². The summed E-state index contributed by atoms with van der Waals surface area (Å²) in [5, 5.41) is 4.75. The van der Waals surface area contributed by atoms with Gasteiger partial charge in [0.25, 0.3) is 0 Å². The van der Waals surface area contributed by atoms with Gasteiger partial charge in [0.15, 0.2) is 17.3 Å². The van der Waals surface area contributed by atoms with Crippen molar-refractivity contribution in [3.63, 3.8) is 0 Å². The fourth-order valence-corrected chi connectivity index (χ4v) is 4.20. The summed E-state index contributed by atoms with van der Waals surface area (Å²) in [6, 6.07) is 2.79. The third-order valence-corrected chi connectivity index (χ3v) is 5.97. The summed E-state index contributed by atoms with van der Waals surface area (Å²) in [6.07, 6.45) is 2.85. The van der Waals surface area contributed by atoms with Gasteiger partial charge in [-0.2, -0.15) is 13.9 Å². The Labute approximate surface area is 207 Å². The van der Waals surface area contributed by atoms with Crippen LogP contribution in [-0.4, -0.2) is 43.6 Å². The number of hydrogen-bond acceptors (Lipinski definition) is 6. The first-order valence-corrected chi connectivity index (χ1v) is 10.8. The summed E-state index contributed by atoms with van der Waals surface area (Å²) < 4.78 is 83.8. The number of fused-ring (bicyclic) bond motifs is 1. The first-order valence-electron chi connectivity index (χ1n) is 11.4. The van der Waals surface area contributed by atoms with Crippen molar-refractivity contribution in [2.45, 2.75) is 12.5 Å². The number of likely N-dealkylation sites (tertiary alicyclic amines) is 1. The van der Waals surface area contributed by atoms with Crippen LogP contribution in [0.5, 0.6) is 11.5 Å². The van der Waals surface area contributed by atoms with E-state index in [0.717, 1.165) is 24.8 Å². The standard InChI is InChI=1S/C24H17F5N6O2/c1-2-17(36)34-6-5-11(9-34)35-24-18(23(30)31-10-32-24)21(33-35)13-4-3-12(7-14(13)25)37-22-19(28)15(26)8-16(27)20(22)29/h2-4,7-8,10-11H,1,5-6,9H2,(H2,30,31,32)/t11-/m1/s1/i1D/b2-1+. The van der Waals surface area contributed by atoms with Crippen LogP contribution < -0.4 is 10.5 Å². The molecule has 4 aromatic rings. The molecule has 2 aromatic heterocycles. The smallest absolute Gasteiger partial charge is 0.246 e. The number of hydrogen-bond donors (Lipinski definition) is 1. The Morgan fingerprint density at radius 3 is 2.59 bits per heavy atom. The minimum Gasteiger partial charge on any atom is -0.451 e. The summed E-state index contributed by atoms with van der Waals surface area (Å²) in [5.74, 6) is -9.95. The minimum atomic E-state index is -1.77. The number of amides is 1. The molecule has 1 amide bonds. The largest absolute Gasteiger partial charge is 0.451 e. The van der Waals surface area contributed by atoms with E-state index in [2.05, 4.69) is 15.1 Å². The van der Waals surface area contributed by atoms with Gasteiger partial charge in [-0.05, 0) is 24.6 Å². The van der Waals surface area contributed by atoms with Crippen molar-refractivity contribution >= 4 is 22.8 Å². The number of carbonyl (C=O) groups excluding carboxylic acids is 1. The molecule has 0 aliphatic carbocycles.